The van der Waals surface area contributed by atoms with Gasteiger partial charge in [0.1, 0.15) is 5.82 Å². The third-order valence-electron chi connectivity index (χ3n) is 1.94. The van der Waals surface area contributed by atoms with Crippen molar-refractivity contribution in [3.8, 4) is 0 Å². The van der Waals surface area contributed by atoms with Crippen molar-refractivity contribution in [2.45, 2.75) is 13.3 Å². The summed E-state index contributed by atoms with van der Waals surface area (Å²) in [6, 6.07) is 2.34. The lowest BCUT2D eigenvalue weighted by molar-refractivity contribution is -0.142. The smallest absolute Gasteiger partial charge is 0.310 e. The van der Waals surface area contributed by atoms with E-state index in [2.05, 4.69) is 15.9 Å². The second-order valence-electron chi connectivity index (χ2n) is 3.06. The van der Waals surface area contributed by atoms with Gasteiger partial charge in [0.2, 0.25) is 0 Å². The first kappa shape index (κ1) is 12.8. The Hall–Kier alpha value is -1.23. The number of hydrogen-bond donors (Lipinski definition) is 0. The summed E-state index contributed by atoms with van der Waals surface area (Å²) in [6.07, 6.45) is 0.469. The summed E-state index contributed by atoms with van der Waals surface area (Å²) in [6.45, 7) is 1.94. The Morgan fingerprint density at radius 2 is 2.25 bits per heavy atom. The van der Waals surface area contributed by atoms with E-state index in [0.717, 1.165) is 6.07 Å². The molecule has 5 heteroatoms. The van der Waals surface area contributed by atoms with Gasteiger partial charge in [0.15, 0.2) is 6.29 Å². The van der Waals surface area contributed by atoms with Crippen molar-refractivity contribution in [2.75, 3.05) is 6.61 Å². The van der Waals surface area contributed by atoms with Crippen molar-refractivity contribution in [3.63, 3.8) is 0 Å². The maximum Gasteiger partial charge on any atom is 0.310 e. The molecule has 0 saturated heterocycles. The molecule has 3 nitrogen and oxygen atoms in total. The average Bonchev–Trinajstić information content (AvgIpc) is 2.17. The second-order valence-corrected chi connectivity index (χ2v) is 3.91. The van der Waals surface area contributed by atoms with Crippen LogP contribution in [0.5, 0.6) is 0 Å². The number of carbonyl (C=O) groups excluding carboxylic acids is 2. The lowest BCUT2D eigenvalue weighted by Gasteiger charge is -2.06. The topological polar surface area (TPSA) is 43.4 Å². The van der Waals surface area contributed by atoms with Gasteiger partial charge in [0.25, 0.3) is 0 Å². The van der Waals surface area contributed by atoms with Gasteiger partial charge in [-0.15, -0.1) is 0 Å². The third-order valence-corrected chi connectivity index (χ3v) is 2.59. The maximum absolute atomic E-state index is 13.1. The SMILES string of the molecule is CCOC(=O)Cc1cc(F)cc(Br)c1C=O. The van der Waals surface area contributed by atoms with Crippen molar-refractivity contribution < 1.29 is 18.7 Å². The van der Waals surface area contributed by atoms with E-state index in [-0.39, 0.29) is 18.6 Å². The Balaban J connectivity index is 3.02. The summed E-state index contributed by atoms with van der Waals surface area (Å²) in [4.78, 5) is 22.0. The van der Waals surface area contributed by atoms with Crippen molar-refractivity contribution in [3.05, 3.63) is 33.5 Å². The highest BCUT2D eigenvalue weighted by Crippen LogP contribution is 2.21. The van der Waals surface area contributed by atoms with E-state index in [1.807, 2.05) is 0 Å². The standard InChI is InChI=1S/C11H10BrFO3/c1-2-16-11(15)4-7-3-8(13)5-10(12)9(7)6-14/h3,5-6H,2,4H2,1H3. The quantitative estimate of drug-likeness (QED) is 0.632. The molecule has 0 aliphatic carbocycles. The molecular weight excluding hydrogens is 279 g/mol. The fraction of sp³-hybridized carbons (Fsp3) is 0.273. The molecule has 1 aromatic carbocycles. The number of rotatable bonds is 4. The lowest BCUT2D eigenvalue weighted by atomic mass is 10.1. The molecule has 86 valence electrons. The summed E-state index contributed by atoms with van der Waals surface area (Å²) < 4.78 is 18.1. The molecule has 16 heavy (non-hydrogen) atoms. The van der Waals surface area contributed by atoms with Crippen LogP contribution in [-0.2, 0) is 16.0 Å². The summed E-state index contributed by atoms with van der Waals surface area (Å²) in [7, 11) is 0. The van der Waals surface area contributed by atoms with E-state index in [1.54, 1.807) is 6.92 Å². The fourth-order valence-corrected chi connectivity index (χ4v) is 1.85. The van der Waals surface area contributed by atoms with E-state index in [1.165, 1.54) is 6.07 Å². The van der Waals surface area contributed by atoms with E-state index < -0.39 is 11.8 Å². The molecule has 0 N–H and O–H groups in total. The number of carbonyl (C=O) groups is 2. The fourth-order valence-electron chi connectivity index (χ4n) is 1.28. The van der Waals surface area contributed by atoms with E-state index in [9.17, 15) is 14.0 Å². The van der Waals surface area contributed by atoms with Crippen LogP contribution in [0.4, 0.5) is 4.39 Å². The lowest BCUT2D eigenvalue weighted by Crippen LogP contribution is -2.09. The van der Waals surface area contributed by atoms with Crippen molar-refractivity contribution in [2.24, 2.45) is 0 Å². The van der Waals surface area contributed by atoms with Gasteiger partial charge < -0.3 is 4.74 Å². The predicted molar refractivity (Wildman–Crippen MR) is 59.8 cm³/mol. The molecule has 0 amide bonds. The number of esters is 1. The Morgan fingerprint density at radius 1 is 1.56 bits per heavy atom. The van der Waals surface area contributed by atoms with Gasteiger partial charge in [0.05, 0.1) is 13.0 Å². The summed E-state index contributed by atoms with van der Waals surface area (Å²) in [5.74, 6) is -0.986. The van der Waals surface area contributed by atoms with Gasteiger partial charge in [-0.25, -0.2) is 4.39 Å². The Morgan fingerprint density at radius 3 is 2.81 bits per heavy atom. The van der Waals surface area contributed by atoms with E-state index in [4.69, 9.17) is 4.74 Å². The van der Waals surface area contributed by atoms with Crippen LogP contribution < -0.4 is 0 Å². The maximum atomic E-state index is 13.1. The van der Waals surface area contributed by atoms with Crippen LogP contribution in [0.15, 0.2) is 16.6 Å². The van der Waals surface area contributed by atoms with Crippen LogP contribution in [0.1, 0.15) is 22.8 Å². The molecule has 0 saturated carbocycles. The van der Waals surface area contributed by atoms with Crippen LogP contribution in [0.2, 0.25) is 0 Å². The zero-order valence-electron chi connectivity index (χ0n) is 8.63. The minimum Gasteiger partial charge on any atom is -0.466 e. The molecule has 0 bridgehead atoms. The molecule has 0 fully saturated rings. The van der Waals surface area contributed by atoms with Crippen molar-refractivity contribution >= 4 is 28.2 Å². The molecule has 0 spiro atoms. The Bertz CT molecular complexity index is 418. The molecule has 0 heterocycles. The highest BCUT2D eigenvalue weighted by molar-refractivity contribution is 9.10. The normalized spacial score (nSPS) is 9.94. The van der Waals surface area contributed by atoms with Crippen LogP contribution >= 0.6 is 15.9 Å². The first-order valence-electron chi connectivity index (χ1n) is 4.67. The number of hydrogen-bond acceptors (Lipinski definition) is 3. The summed E-state index contributed by atoms with van der Waals surface area (Å²) in [5.41, 5.74) is 0.592. The molecule has 0 radical (unpaired) electrons. The number of halogens is 2. The largest absolute Gasteiger partial charge is 0.466 e. The summed E-state index contributed by atoms with van der Waals surface area (Å²) in [5, 5.41) is 0. The molecule has 1 aromatic rings. The van der Waals surface area contributed by atoms with Crippen LogP contribution in [-0.4, -0.2) is 18.9 Å². The predicted octanol–water partition coefficient (Wildman–Crippen LogP) is 2.51. The van der Waals surface area contributed by atoms with Gasteiger partial charge in [-0.2, -0.15) is 0 Å². The number of benzene rings is 1. The highest BCUT2D eigenvalue weighted by Gasteiger charge is 2.13. The van der Waals surface area contributed by atoms with Gasteiger partial charge in [-0.05, 0) is 40.5 Å². The Labute approximate surface area is 101 Å². The molecular formula is C11H10BrFO3. The molecule has 0 aliphatic rings. The Kier molecular flexibility index (Phi) is 4.61. The van der Waals surface area contributed by atoms with E-state index in [0.29, 0.717) is 16.3 Å². The minimum atomic E-state index is -0.503. The highest BCUT2D eigenvalue weighted by atomic mass is 79.9. The van der Waals surface area contributed by atoms with Gasteiger partial charge in [0, 0.05) is 10.0 Å². The van der Waals surface area contributed by atoms with E-state index >= 15 is 0 Å². The average molecular weight is 289 g/mol. The van der Waals surface area contributed by atoms with Crippen LogP contribution in [0.3, 0.4) is 0 Å². The van der Waals surface area contributed by atoms with Crippen molar-refractivity contribution in [1.82, 2.24) is 0 Å². The first-order valence-corrected chi connectivity index (χ1v) is 5.46. The van der Waals surface area contributed by atoms with Gasteiger partial charge >= 0.3 is 5.97 Å². The van der Waals surface area contributed by atoms with Gasteiger partial charge in [-0.3, -0.25) is 9.59 Å². The van der Waals surface area contributed by atoms with Gasteiger partial charge in [-0.1, -0.05) is 0 Å². The molecule has 0 aliphatic heterocycles. The molecule has 0 unspecified atom stereocenters. The monoisotopic (exact) mass is 288 g/mol. The molecule has 0 aromatic heterocycles. The minimum absolute atomic E-state index is 0.113. The van der Waals surface area contributed by atoms with Crippen LogP contribution in [0, 0.1) is 5.82 Å². The zero-order chi connectivity index (χ0) is 12.1. The molecule has 0 atom stereocenters. The first-order chi connectivity index (χ1) is 7.58. The second kappa shape index (κ2) is 5.75. The van der Waals surface area contributed by atoms with Crippen molar-refractivity contribution in [1.29, 1.82) is 0 Å². The summed E-state index contributed by atoms with van der Waals surface area (Å²) >= 11 is 3.06. The molecule has 1 rings (SSSR count). The number of aldehydes is 1. The zero-order valence-corrected chi connectivity index (χ0v) is 10.2. The third kappa shape index (κ3) is 3.13. The number of ether oxygens (including phenoxy) is 1. The van der Waals surface area contributed by atoms with Crippen LogP contribution in [0.25, 0.3) is 0 Å².